The third kappa shape index (κ3) is 2.30. The van der Waals surface area contributed by atoms with Crippen LogP contribution in [0.3, 0.4) is 0 Å². The lowest BCUT2D eigenvalue weighted by Gasteiger charge is -2.18. The summed E-state index contributed by atoms with van der Waals surface area (Å²) < 4.78 is 13.0. The lowest BCUT2D eigenvalue weighted by Crippen LogP contribution is -2.23. The zero-order chi connectivity index (χ0) is 10.8. The van der Waals surface area contributed by atoms with Crippen molar-refractivity contribution in [3.8, 4) is 0 Å². The Morgan fingerprint density at radius 2 is 2.33 bits per heavy atom. The van der Waals surface area contributed by atoms with E-state index < -0.39 is 5.82 Å². The Hall–Kier alpha value is -0.640. The van der Waals surface area contributed by atoms with Gasteiger partial charge in [0.05, 0.1) is 5.02 Å². The summed E-state index contributed by atoms with van der Waals surface area (Å²) in [5.41, 5.74) is 7.01. The monoisotopic (exact) mass is 228 g/mol. The second-order valence-corrected chi connectivity index (χ2v) is 4.36. The molecule has 0 radical (unpaired) electrons. The molecule has 0 aliphatic carbocycles. The van der Waals surface area contributed by atoms with Crippen molar-refractivity contribution in [2.75, 3.05) is 13.1 Å². The van der Waals surface area contributed by atoms with Crippen molar-refractivity contribution >= 4 is 11.6 Å². The van der Waals surface area contributed by atoms with Gasteiger partial charge in [-0.05, 0) is 43.1 Å². The van der Waals surface area contributed by atoms with Crippen LogP contribution in [-0.2, 0) is 0 Å². The fourth-order valence-electron chi connectivity index (χ4n) is 1.98. The predicted molar refractivity (Wildman–Crippen MR) is 59.3 cm³/mol. The van der Waals surface area contributed by atoms with Crippen molar-refractivity contribution < 1.29 is 4.39 Å². The van der Waals surface area contributed by atoms with E-state index in [0.717, 1.165) is 25.1 Å². The summed E-state index contributed by atoms with van der Waals surface area (Å²) in [7, 11) is 0. The van der Waals surface area contributed by atoms with Crippen molar-refractivity contribution in [2.45, 2.75) is 12.5 Å². The van der Waals surface area contributed by atoms with Crippen molar-refractivity contribution in [2.24, 2.45) is 11.7 Å². The molecule has 0 saturated carbocycles. The standard InChI is InChI=1S/C11H14ClFN2/c12-9-5-7(1-2-10(9)13)11(14)8-3-4-15-6-8/h1-2,5,8,11,15H,3-4,6,14H2/t8-,11+/m1/s1. The maximum Gasteiger partial charge on any atom is 0.141 e. The van der Waals surface area contributed by atoms with E-state index in [1.165, 1.54) is 6.07 Å². The third-order valence-corrected chi connectivity index (χ3v) is 3.22. The van der Waals surface area contributed by atoms with Gasteiger partial charge in [0.25, 0.3) is 0 Å². The maximum absolute atomic E-state index is 13.0. The van der Waals surface area contributed by atoms with Gasteiger partial charge in [0.2, 0.25) is 0 Å². The molecular weight excluding hydrogens is 215 g/mol. The quantitative estimate of drug-likeness (QED) is 0.814. The molecule has 0 amide bonds. The summed E-state index contributed by atoms with van der Waals surface area (Å²) in [5.74, 6) is 0.0312. The van der Waals surface area contributed by atoms with Crippen molar-refractivity contribution in [3.63, 3.8) is 0 Å². The summed E-state index contributed by atoms with van der Waals surface area (Å²) in [5, 5.41) is 3.41. The summed E-state index contributed by atoms with van der Waals surface area (Å²) in [4.78, 5) is 0. The summed E-state index contributed by atoms with van der Waals surface area (Å²) in [6, 6.07) is 4.65. The molecule has 0 unspecified atom stereocenters. The highest BCUT2D eigenvalue weighted by Gasteiger charge is 2.23. The molecule has 0 spiro atoms. The Morgan fingerprint density at radius 1 is 1.53 bits per heavy atom. The average molecular weight is 229 g/mol. The van der Waals surface area contributed by atoms with E-state index in [0.29, 0.717) is 5.92 Å². The molecule has 4 heteroatoms. The van der Waals surface area contributed by atoms with Gasteiger partial charge in [-0.3, -0.25) is 0 Å². The van der Waals surface area contributed by atoms with Crippen LogP contribution in [0.5, 0.6) is 0 Å². The van der Waals surface area contributed by atoms with Crippen LogP contribution in [0.1, 0.15) is 18.0 Å². The number of nitrogens with one attached hydrogen (secondary N) is 1. The molecule has 1 aromatic rings. The fourth-order valence-corrected chi connectivity index (χ4v) is 2.16. The highest BCUT2D eigenvalue weighted by atomic mass is 35.5. The van der Waals surface area contributed by atoms with Gasteiger partial charge in [-0.15, -0.1) is 0 Å². The average Bonchev–Trinajstić information content (AvgIpc) is 2.74. The van der Waals surface area contributed by atoms with Crippen LogP contribution in [0.25, 0.3) is 0 Å². The normalized spacial score (nSPS) is 23.0. The largest absolute Gasteiger partial charge is 0.324 e. The molecule has 1 aliphatic rings. The fraction of sp³-hybridized carbons (Fsp3) is 0.455. The van der Waals surface area contributed by atoms with Crippen molar-refractivity contribution in [1.82, 2.24) is 5.32 Å². The molecule has 0 bridgehead atoms. The molecule has 2 rings (SSSR count). The zero-order valence-corrected chi connectivity index (χ0v) is 9.10. The Morgan fingerprint density at radius 3 is 2.93 bits per heavy atom. The smallest absolute Gasteiger partial charge is 0.141 e. The Bertz CT molecular complexity index is 350. The Kier molecular flexibility index (Phi) is 3.24. The van der Waals surface area contributed by atoms with Crippen LogP contribution in [0.15, 0.2) is 18.2 Å². The van der Waals surface area contributed by atoms with Crippen LogP contribution in [-0.4, -0.2) is 13.1 Å². The molecule has 2 atom stereocenters. The van der Waals surface area contributed by atoms with Crippen molar-refractivity contribution in [3.05, 3.63) is 34.6 Å². The number of rotatable bonds is 2. The molecule has 0 aromatic heterocycles. The van der Waals surface area contributed by atoms with Crippen molar-refractivity contribution in [1.29, 1.82) is 0 Å². The van der Waals surface area contributed by atoms with Crippen LogP contribution >= 0.6 is 11.6 Å². The summed E-state index contributed by atoms with van der Waals surface area (Å²) >= 11 is 5.72. The second kappa shape index (κ2) is 4.47. The molecule has 82 valence electrons. The predicted octanol–water partition coefficient (Wildman–Crippen LogP) is 2.09. The zero-order valence-electron chi connectivity index (χ0n) is 8.34. The Balaban J connectivity index is 2.17. The number of nitrogens with two attached hydrogens (primary N) is 1. The lowest BCUT2D eigenvalue weighted by atomic mass is 9.93. The molecule has 3 N–H and O–H groups in total. The van der Waals surface area contributed by atoms with E-state index in [9.17, 15) is 4.39 Å². The SMILES string of the molecule is N[C@@H](c1ccc(F)c(Cl)c1)[C@@H]1CCNC1. The number of hydrogen-bond donors (Lipinski definition) is 2. The lowest BCUT2D eigenvalue weighted by molar-refractivity contribution is 0.469. The topological polar surface area (TPSA) is 38.0 Å². The third-order valence-electron chi connectivity index (χ3n) is 2.93. The highest BCUT2D eigenvalue weighted by Crippen LogP contribution is 2.27. The summed E-state index contributed by atoms with van der Waals surface area (Å²) in [6.45, 7) is 1.93. The van der Waals surface area contributed by atoms with E-state index in [1.807, 2.05) is 0 Å². The molecule has 1 fully saturated rings. The van der Waals surface area contributed by atoms with Crippen LogP contribution in [0.4, 0.5) is 4.39 Å². The van der Waals surface area contributed by atoms with Crippen LogP contribution in [0.2, 0.25) is 5.02 Å². The van der Waals surface area contributed by atoms with Crippen LogP contribution in [0, 0.1) is 11.7 Å². The van der Waals surface area contributed by atoms with Gasteiger partial charge in [-0.1, -0.05) is 17.7 Å². The van der Waals surface area contributed by atoms with Gasteiger partial charge in [0.15, 0.2) is 0 Å². The molecule has 1 aromatic carbocycles. The molecule has 15 heavy (non-hydrogen) atoms. The van der Waals surface area contributed by atoms with Gasteiger partial charge < -0.3 is 11.1 Å². The van der Waals surface area contributed by atoms with Crippen LogP contribution < -0.4 is 11.1 Å². The number of halogens is 2. The molecule has 2 nitrogen and oxygen atoms in total. The van der Waals surface area contributed by atoms with Gasteiger partial charge >= 0.3 is 0 Å². The number of benzene rings is 1. The first kappa shape index (κ1) is 10.9. The van der Waals surface area contributed by atoms with E-state index in [1.54, 1.807) is 12.1 Å². The van der Waals surface area contributed by atoms with Gasteiger partial charge in [-0.25, -0.2) is 4.39 Å². The van der Waals surface area contributed by atoms with Gasteiger partial charge in [-0.2, -0.15) is 0 Å². The van der Waals surface area contributed by atoms with E-state index in [4.69, 9.17) is 17.3 Å². The Labute approximate surface area is 93.6 Å². The minimum atomic E-state index is -0.392. The van der Waals surface area contributed by atoms with E-state index in [-0.39, 0.29) is 11.1 Å². The van der Waals surface area contributed by atoms with E-state index >= 15 is 0 Å². The highest BCUT2D eigenvalue weighted by molar-refractivity contribution is 6.30. The first-order valence-electron chi connectivity index (χ1n) is 5.09. The molecule has 1 saturated heterocycles. The summed E-state index contributed by atoms with van der Waals surface area (Å²) in [6.07, 6.45) is 1.07. The molecule has 1 heterocycles. The first-order valence-corrected chi connectivity index (χ1v) is 5.47. The molecular formula is C11H14ClFN2. The minimum absolute atomic E-state index is 0.0573. The van der Waals surface area contributed by atoms with E-state index in [2.05, 4.69) is 5.32 Å². The van der Waals surface area contributed by atoms with Gasteiger partial charge in [0, 0.05) is 6.04 Å². The molecule has 1 aliphatic heterocycles. The first-order chi connectivity index (χ1) is 7.18. The maximum atomic E-state index is 13.0. The minimum Gasteiger partial charge on any atom is -0.324 e. The number of hydrogen-bond acceptors (Lipinski definition) is 2. The van der Waals surface area contributed by atoms with Gasteiger partial charge in [0.1, 0.15) is 5.82 Å². The second-order valence-electron chi connectivity index (χ2n) is 3.95.